The normalized spacial score (nSPS) is 10.7. The van der Waals surface area contributed by atoms with E-state index in [0.29, 0.717) is 5.02 Å². The molecule has 0 unspecified atom stereocenters. The molecule has 0 aromatic heterocycles. The number of aromatic hydroxyl groups is 1. The number of hydrogen-bond acceptors (Lipinski definition) is 1. The summed E-state index contributed by atoms with van der Waals surface area (Å²) in [7, 11) is 0. The summed E-state index contributed by atoms with van der Waals surface area (Å²) in [6.45, 7) is 0. The monoisotopic (exact) mass is 254 g/mol. The van der Waals surface area contributed by atoms with Gasteiger partial charge < -0.3 is 5.11 Å². The molecule has 3 aromatic rings. The first kappa shape index (κ1) is 11.1. The molecule has 0 fully saturated rings. The number of phenols is 1. The third kappa shape index (κ3) is 1.93. The lowest BCUT2D eigenvalue weighted by Crippen LogP contribution is -1.79. The van der Waals surface area contributed by atoms with E-state index in [1.807, 2.05) is 24.3 Å². The summed E-state index contributed by atoms with van der Waals surface area (Å²) in [6, 6.07) is 19.7. The fourth-order valence-corrected chi connectivity index (χ4v) is 2.18. The van der Waals surface area contributed by atoms with Crippen LogP contribution in [0.3, 0.4) is 0 Å². The number of phenolic OH excluding ortho intramolecular Hbond substituents is 1. The van der Waals surface area contributed by atoms with Gasteiger partial charge in [0.05, 0.1) is 5.02 Å². The van der Waals surface area contributed by atoms with Gasteiger partial charge in [0.2, 0.25) is 0 Å². The van der Waals surface area contributed by atoms with Crippen LogP contribution in [0.4, 0.5) is 0 Å². The third-order valence-corrected chi connectivity index (χ3v) is 3.35. The van der Waals surface area contributed by atoms with Crippen molar-refractivity contribution in [3.8, 4) is 16.9 Å². The van der Waals surface area contributed by atoms with E-state index in [1.54, 1.807) is 12.1 Å². The van der Waals surface area contributed by atoms with Crippen LogP contribution in [-0.4, -0.2) is 5.11 Å². The van der Waals surface area contributed by atoms with Crippen LogP contribution in [0.15, 0.2) is 60.7 Å². The topological polar surface area (TPSA) is 20.2 Å². The quantitative estimate of drug-likeness (QED) is 0.657. The van der Waals surface area contributed by atoms with E-state index in [-0.39, 0.29) is 5.75 Å². The van der Waals surface area contributed by atoms with Crippen LogP contribution in [0.5, 0.6) is 5.75 Å². The van der Waals surface area contributed by atoms with Gasteiger partial charge in [-0.3, -0.25) is 0 Å². The Bertz CT molecular complexity index is 719. The number of rotatable bonds is 1. The molecule has 0 aliphatic carbocycles. The minimum atomic E-state index is 0.113. The summed E-state index contributed by atoms with van der Waals surface area (Å²) >= 11 is 5.81. The van der Waals surface area contributed by atoms with Crippen LogP contribution in [0, 0.1) is 0 Å². The Morgan fingerprint density at radius 3 is 2.17 bits per heavy atom. The molecule has 0 saturated heterocycles. The fourth-order valence-electron chi connectivity index (χ4n) is 2.06. The second kappa shape index (κ2) is 4.35. The Balaban J connectivity index is 2.16. The van der Waals surface area contributed by atoms with Gasteiger partial charge in [-0.1, -0.05) is 54.1 Å². The highest BCUT2D eigenvalue weighted by Crippen LogP contribution is 2.30. The zero-order valence-corrected chi connectivity index (χ0v) is 10.4. The minimum Gasteiger partial charge on any atom is -0.506 e. The van der Waals surface area contributed by atoms with Crippen LogP contribution in [0.2, 0.25) is 5.02 Å². The molecule has 0 bridgehead atoms. The van der Waals surface area contributed by atoms with Crippen molar-refractivity contribution in [2.75, 3.05) is 0 Å². The zero-order chi connectivity index (χ0) is 12.5. The van der Waals surface area contributed by atoms with Crippen LogP contribution < -0.4 is 0 Å². The summed E-state index contributed by atoms with van der Waals surface area (Å²) in [5.74, 6) is 0.113. The van der Waals surface area contributed by atoms with E-state index in [4.69, 9.17) is 11.6 Å². The smallest absolute Gasteiger partial charge is 0.134 e. The molecule has 3 aromatic carbocycles. The summed E-state index contributed by atoms with van der Waals surface area (Å²) in [5.41, 5.74) is 2.03. The van der Waals surface area contributed by atoms with Gasteiger partial charge in [-0.25, -0.2) is 0 Å². The van der Waals surface area contributed by atoms with Gasteiger partial charge in [0.15, 0.2) is 0 Å². The van der Waals surface area contributed by atoms with E-state index in [0.717, 1.165) is 11.1 Å². The molecular formula is C16H11ClO. The molecule has 0 spiro atoms. The van der Waals surface area contributed by atoms with E-state index in [9.17, 15) is 5.11 Å². The highest BCUT2D eigenvalue weighted by atomic mass is 35.5. The number of benzene rings is 3. The molecule has 88 valence electrons. The molecule has 0 saturated carbocycles. The number of fused-ring (bicyclic) bond motifs is 1. The van der Waals surface area contributed by atoms with Crippen molar-refractivity contribution in [1.82, 2.24) is 0 Å². The van der Waals surface area contributed by atoms with Crippen molar-refractivity contribution in [1.29, 1.82) is 0 Å². The number of halogens is 1. The van der Waals surface area contributed by atoms with Gasteiger partial charge >= 0.3 is 0 Å². The van der Waals surface area contributed by atoms with Crippen molar-refractivity contribution in [2.24, 2.45) is 0 Å². The molecule has 18 heavy (non-hydrogen) atoms. The maximum absolute atomic E-state index is 9.64. The van der Waals surface area contributed by atoms with Crippen LogP contribution in [-0.2, 0) is 0 Å². The second-order valence-electron chi connectivity index (χ2n) is 4.23. The standard InChI is InChI=1S/C16H11ClO/c17-15-8-7-14(10-16(15)18)13-6-5-11-3-1-2-4-12(11)9-13/h1-10,18H. The summed E-state index contributed by atoms with van der Waals surface area (Å²) in [5, 5.41) is 12.4. The van der Waals surface area contributed by atoms with E-state index >= 15 is 0 Å². The van der Waals surface area contributed by atoms with Gasteiger partial charge in [-0.15, -0.1) is 0 Å². The Labute approximate surface area is 110 Å². The molecule has 0 radical (unpaired) electrons. The molecule has 0 aliphatic heterocycles. The van der Waals surface area contributed by atoms with E-state index < -0.39 is 0 Å². The van der Waals surface area contributed by atoms with E-state index in [1.165, 1.54) is 10.8 Å². The number of hydrogen-bond donors (Lipinski definition) is 1. The molecule has 0 amide bonds. The van der Waals surface area contributed by atoms with Crippen molar-refractivity contribution in [2.45, 2.75) is 0 Å². The van der Waals surface area contributed by atoms with E-state index in [2.05, 4.69) is 24.3 Å². The van der Waals surface area contributed by atoms with Gasteiger partial charge in [0.25, 0.3) is 0 Å². The van der Waals surface area contributed by atoms with Crippen molar-refractivity contribution >= 4 is 22.4 Å². The average Bonchev–Trinajstić information content (AvgIpc) is 2.41. The lowest BCUT2D eigenvalue weighted by Gasteiger charge is -2.05. The molecule has 3 rings (SSSR count). The molecule has 0 heterocycles. The van der Waals surface area contributed by atoms with Crippen LogP contribution in [0.1, 0.15) is 0 Å². The second-order valence-corrected chi connectivity index (χ2v) is 4.64. The maximum atomic E-state index is 9.64. The van der Waals surface area contributed by atoms with Crippen LogP contribution >= 0.6 is 11.6 Å². The predicted octanol–water partition coefficient (Wildman–Crippen LogP) is 4.87. The Kier molecular flexibility index (Phi) is 2.69. The van der Waals surface area contributed by atoms with Crippen molar-refractivity contribution in [3.05, 3.63) is 65.7 Å². The largest absolute Gasteiger partial charge is 0.506 e. The first-order valence-electron chi connectivity index (χ1n) is 5.72. The van der Waals surface area contributed by atoms with Gasteiger partial charge in [-0.05, 0) is 40.1 Å². The minimum absolute atomic E-state index is 0.113. The molecular weight excluding hydrogens is 244 g/mol. The molecule has 0 aliphatic rings. The Morgan fingerprint density at radius 2 is 1.39 bits per heavy atom. The summed E-state index contributed by atoms with van der Waals surface area (Å²) < 4.78 is 0. The first-order valence-corrected chi connectivity index (χ1v) is 6.09. The summed E-state index contributed by atoms with van der Waals surface area (Å²) in [4.78, 5) is 0. The average molecular weight is 255 g/mol. The highest BCUT2D eigenvalue weighted by Gasteiger charge is 2.03. The van der Waals surface area contributed by atoms with Gasteiger partial charge in [0.1, 0.15) is 5.75 Å². The summed E-state index contributed by atoms with van der Waals surface area (Å²) in [6.07, 6.45) is 0. The zero-order valence-electron chi connectivity index (χ0n) is 9.60. The van der Waals surface area contributed by atoms with Gasteiger partial charge in [0, 0.05) is 0 Å². The molecule has 0 atom stereocenters. The molecule has 1 N–H and O–H groups in total. The van der Waals surface area contributed by atoms with Crippen molar-refractivity contribution in [3.63, 3.8) is 0 Å². The van der Waals surface area contributed by atoms with Crippen LogP contribution in [0.25, 0.3) is 21.9 Å². The SMILES string of the molecule is Oc1cc(-c2ccc3ccccc3c2)ccc1Cl. The van der Waals surface area contributed by atoms with Gasteiger partial charge in [-0.2, -0.15) is 0 Å². The lowest BCUT2D eigenvalue weighted by atomic mass is 10.0. The Morgan fingerprint density at radius 1 is 0.722 bits per heavy atom. The molecule has 2 heteroatoms. The maximum Gasteiger partial charge on any atom is 0.134 e. The first-order chi connectivity index (χ1) is 8.74. The lowest BCUT2D eigenvalue weighted by molar-refractivity contribution is 0.476. The predicted molar refractivity (Wildman–Crippen MR) is 76.1 cm³/mol. The molecule has 1 nitrogen and oxygen atoms in total. The highest BCUT2D eigenvalue weighted by molar-refractivity contribution is 6.32. The Hall–Kier alpha value is -1.99. The fraction of sp³-hybridized carbons (Fsp3) is 0. The van der Waals surface area contributed by atoms with Crippen molar-refractivity contribution < 1.29 is 5.11 Å². The third-order valence-electron chi connectivity index (χ3n) is 3.03.